The monoisotopic (exact) mass is 333 g/mol. The van der Waals surface area contributed by atoms with E-state index in [0.29, 0.717) is 31.0 Å². The van der Waals surface area contributed by atoms with Crippen LogP contribution in [0.2, 0.25) is 5.02 Å². The average Bonchev–Trinajstić information content (AvgIpc) is 2.94. The van der Waals surface area contributed by atoms with Crippen molar-refractivity contribution in [1.29, 1.82) is 0 Å². The number of aromatic nitrogens is 1. The van der Waals surface area contributed by atoms with Crippen LogP contribution in [0.4, 0.5) is 0 Å². The van der Waals surface area contributed by atoms with Gasteiger partial charge in [-0.3, -0.25) is 9.59 Å². The Labute approximate surface area is 140 Å². The van der Waals surface area contributed by atoms with Gasteiger partial charge in [-0.05, 0) is 43.5 Å². The van der Waals surface area contributed by atoms with Crippen LogP contribution in [0, 0.1) is 0 Å². The molecule has 0 bridgehead atoms. The molecular formula is C17H20ClN3O2. The molecular weight excluding hydrogens is 314 g/mol. The second kappa shape index (κ2) is 6.62. The molecule has 0 spiro atoms. The minimum absolute atomic E-state index is 0.00989. The van der Waals surface area contributed by atoms with Crippen LogP contribution in [-0.4, -0.2) is 33.9 Å². The molecule has 5 nitrogen and oxygen atoms in total. The fraction of sp³-hybridized carbons (Fsp3) is 0.412. The lowest BCUT2D eigenvalue weighted by molar-refractivity contribution is -0.141. The van der Waals surface area contributed by atoms with E-state index in [4.69, 9.17) is 17.3 Å². The molecule has 3 rings (SSSR count). The molecule has 6 heteroatoms. The van der Waals surface area contributed by atoms with Gasteiger partial charge in [0.2, 0.25) is 11.8 Å². The molecule has 23 heavy (non-hydrogen) atoms. The topological polar surface area (TPSA) is 68.3 Å². The van der Waals surface area contributed by atoms with E-state index < -0.39 is 11.9 Å². The number of hydrogen-bond acceptors (Lipinski definition) is 2. The van der Waals surface area contributed by atoms with E-state index in [1.807, 2.05) is 35.0 Å². The van der Waals surface area contributed by atoms with Crippen LogP contribution in [-0.2, 0) is 16.1 Å². The molecule has 2 amide bonds. The van der Waals surface area contributed by atoms with E-state index in [-0.39, 0.29) is 5.91 Å². The zero-order valence-electron chi connectivity index (χ0n) is 12.9. The molecule has 1 unspecified atom stereocenters. The van der Waals surface area contributed by atoms with Crippen LogP contribution < -0.4 is 5.73 Å². The van der Waals surface area contributed by atoms with Crippen molar-refractivity contribution < 1.29 is 9.59 Å². The molecule has 0 aliphatic carbocycles. The van der Waals surface area contributed by atoms with Crippen LogP contribution in [0.3, 0.4) is 0 Å². The Bertz CT molecular complexity index is 741. The standard InChI is InChI=1S/C17H20ClN3O2/c18-13-4-5-14-12(11-13)6-9-20(14)10-7-16(22)21-8-2-1-3-15(21)17(19)23/h4-6,9,11,15H,1-3,7-8,10H2,(H2,19,23). The summed E-state index contributed by atoms with van der Waals surface area (Å²) >= 11 is 5.99. The number of piperidine rings is 1. The molecule has 1 atom stereocenters. The lowest BCUT2D eigenvalue weighted by Gasteiger charge is -2.33. The number of carbonyl (C=O) groups is 2. The van der Waals surface area contributed by atoms with Gasteiger partial charge in [0.05, 0.1) is 0 Å². The van der Waals surface area contributed by atoms with Crippen LogP contribution in [0.5, 0.6) is 0 Å². The Morgan fingerprint density at radius 3 is 2.87 bits per heavy atom. The number of nitrogens with zero attached hydrogens (tertiary/aromatic N) is 2. The zero-order valence-corrected chi connectivity index (χ0v) is 13.6. The first-order chi connectivity index (χ1) is 11.1. The van der Waals surface area contributed by atoms with Crippen LogP contribution in [0.15, 0.2) is 30.5 Å². The summed E-state index contributed by atoms with van der Waals surface area (Å²) in [5.41, 5.74) is 6.47. The van der Waals surface area contributed by atoms with Crippen LogP contribution in [0.1, 0.15) is 25.7 Å². The SMILES string of the molecule is NC(=O)C1CCCCN1C(=O)CCn1ccc2cc(Cl)ccc21. The third-order valence-corrected chi connectivity index (χ3v) is 4.69. The number of rotatable bonds is 4. The van der Waals surface area contributed by atoms with Crippen molar-refractivity contribution in [2.75, 3.05) is 6.54 Å². The minimum atomic E-state index is -0.448. The van der Waals surface area contributed by atoms with Gasteiger partial charge in [0.25, 0.3) is 0 Å². The van der Waals surface area contributed by atoms with E-state index in [9.17, 15) is 9.59 Å². The number of amides is 2. The predicted molar refractivity (Wildman–Crippen MR) is 90.1 cm³/mol. The van der Waals surface area contributed by atoms with E-state index >= 15 is 0 Å². The number of fused-ring (bicyclic) bond motifs is 1. The van der Waals surface area contributed by atoms with Crippen molar-refractivity contribution in [2.24, 2.45) is 5.73 Å². The molecule has 122 valence electrons. The van der Waals surface area contributed by atoms with Gasteiger partial charge in [-0.1, -0.05) is 11.6 Å². The molecule has 0 saturated carbocycles. The summed E-state index contributed by atoms with van der Waals surface area (Å²) in [6.45, 7) is 1.19. The van der Waals surface area contributed by atoms with Crippen molar-refractivity contribution in [3.63, 3.8) is 0 Å². The van der Waals surface area contributed by atoms with Crippen molar-refractivity contribution in [3.8, 4) is 0 Å². The first-order valence-electron chi connectivity index (χ1n) is 7.89. The van der Waals surface area contributed by atoms with Gasteiger partial charge in [-0.15, -0.1) is 0 Å². The molecule has 2 aromatic rings. The summed E-state index contributed by atoms with van der Waals surface area (Å²) in [5.74, 6) is -0.414. The Morgan fingerprint density at radius 2 is 2.09 bits per heavy atom. The average molecular weight is 334 g/mol. The summed E-state index contributed by atoms with van der Waals surface area (Å²) in [7, 11) is 0. The number of benzene rings is 1. The third-order valence-electron chi connectivity index (χ3n) is 4.45. The quantitative estimate of drug-likeness (QED) is 0.934. The maximum atomic E-state index is 12.5. The number of nitrogens with two attached hydrogens (primary N) is 1. The van der Waals surface area contributed by atoms with E-state index in [1.165, 1.54) is 0 Å². The molecule has 1 saturated heterocycles. The van der Waals surface area contributed by atoms with Gasteiger partial charge < -0.3 is 15.2 Å². The highest BCUT2D eigenvalue weighted by Gasteiger charge is 2.30. The molecule has 1 aromatic carbocycles. The van der Waals surface area contributed by atoms with Crippen molar-refractivity contribution in [2.45, 2.75) is 38.3 Å². The zero-order chi connectivity index (χ0) is 16.4. The van der Waals surface area contributed by atoms with Crippen molar-refractivity contribution >= 4 is 34.3 Å². The fourth-order valence-corrected chi connectivity index (χ4v) is 3.43. The van der Waals surface area contributed by atoms with Crippen LogP contribution >= 0.6 is 11.6 Å². The summed E-state index contributed by atoms with van der Waals surface area (Å²) in [5, 5.41) is 1.75. The highest BCUT2D eigenvalue weighted by Crippen LogP contribution is 2.22. The number of aryl methyl sites for hydroxylation is 1. The Hall–Kier alpha value is -2.01. The van der Waals surface area contributed by atoms with E-state index in [2.05, 4.69) is 0 Å². The molecule has 1 aliphatic heterocycles. The van der Waals surface area contributed by atoms with Gasteiger partial charge in [-0.2, -0.15) is 0 Å². The van der Waals surface area contributed by atoms with Gasteiger partial charge in [0.1, 0.15) is 6.04 Å². The fourth-order valence-electron chi connectivity index (χ4n) is 3.25. The number of likely N-dealkylation sites (tertiary alicyclic amines) is 1. The smallest absolute Gasteiger partial charge is 0.240 e. The minimum Gasteiger partial charge on any atom is -0.368 e. The summed E-state index contributed by atoms with van der Waals surface area (Å²) < 4.78 is 2.03. The highest BCUT2D eigenvalue weighted by molar-refractivity contribution is 6.31. The first-order valence-corrected chi connectivity index (χ1v) is 8.27. The van der Waals surface area contributed by atoms with Gasteiger partial charge in [-0.25, -0.2) is 0 Å². The first kappa shape index (κ1) is 15.9. The lowest BCUT2D eigenvalue weighted by atomic mass is 10.0. The second-order valence-corrected chi connectivity index (χ2v) is 6.40. The van der Waals surface area contributed by atoms with E-state index in [0.717, 1.165) is 23.7 Å². The molecule has 0 radical (unpaired) electrons. The second-order valence-electron chi connectivity index (χ2n) is 5.96. The summed E-state index contributed by atoms with van der Waals surface area (Å²) in [4.78, 5) is 25.6. The number of carbonyl (C=O) groups excluding carboxylic acids is 2. The van der Waals surface area contributed by atoms with Crippen LogP contribution in [0.25, 0.3) is 10.9 Å². The Kier molecular flexibility index (Phi) is 4.57. The maximum Gasteiger partial charge on any atom is 0.240 e. The van der Waals surface area contributed by atoms with Crippen molar-refractivity contribution in [3.05, 3.63) is 35.5 Å². The third kappa shape index (κ3) is 3.34. The van der Waals surface area contributed by atoms with E-state index in [1.54, 1.807) is 4.90 Å². The lowest BCUT2D eigenvalue weighted by Crippen LogP contribution is -2.50. The Morgan fingerprint density at radius 1 is 1.26 bits per heavy atom. The van der Waals surface area contributed by atoms with Crippen molar-refractivity contribution in [1.82, 2.24) is 9.47 Å². The number of halogens is 1. The largest absolute Gasteiger partial charge is 0.368 e. The van der Waals surface area contributed by atoms with Gasteiger partial charge >= 0.3 is 0 Å². The highest BCUT2D eigenvalue weighted by atomic mass is 35.5. The van der Waals surface area contributed by atoms with Gasteiger partial charge in [0.15, 0.2) is 0 Å². The Balaban J connectivity index is 1.69. The van der Waals surface area contributed by atoms with Gasteiger partial charge in [0, 0.05) is 41.6 Å². The molecule has 1 fully saturated rings. The molecule has 1 aromatic heterocycles. The molecule has 2 heterocycles. The maximum absolute atomic E-state index is 12.5. The summed E-state index contributed by atoms with van der Waals surface area (Å²) in [6, 6.07) is 7.24. The normalized spacial score (nSPS) is 18.3. The summed E-state index contributed by atoms with van der Waals surface area (Å²) in [6.07, 6.45) is 4.86. The predicted octanol–water partition coefficient (Wildman–Crippen LogP) is 2.55. The molecule has 2 N–H and O–H groups in total. The molecule has 1 aliphatic rings. The number of hydrogen-bond donors (Lipinski definition) is 1. The number of primary amides is 1.